The molecule has 7 heteroatoms. The number of benzene rings is 1. The number of pyridine rings is 1. The van der Waals surface area contributed by atoms with Crippen LogP contribution in [0.1, 0.15) is 36.7 Å². The van der Waals surface area contributed by atoms with Crippen LogP contribution in [0.2, 0.25) is 0 Å². The van der Waals surface area contributed by atoms with E-state index in [1.807, 2.05) is 0 Å². The van der Waals surface area contributed by atoms with E-state index in [1.165, 1.54) is 13.2 Å². The summed E-state index contributed by atoms with van der Waals surface area (Å²) in [7, 11) is 1.52. The third-order valence-corrected chi connectivity index (χ3v) is 3.42. The molecule has 1 amide bonds. The lowest BCUT2D eigenvalue weighted by atomic mass is 10.0. The van der Waals surface area contributed by atoms with Gasteiger partial charge in [0, 0.05) is 12.1 Å². The Morgan fingerprint density at radius 2 is 2.00 bits per heavy atom. The molecule has 1 aromatic heterocycles. The van der Waals surface area contributed by atoms with E-state index < -0.39 is 17.6 Å². The molecule has 0 bridgehead atoms. The minimum Gasteiger partial charge on any atom is -0.497 e. The monoisotopic (exact) mass is 360 g/mol. The summed E-state index contributed by atoms with van der Waals surface area (Å²) in [6.45, 7) is 5.47. The number of methoxy groups -OCH3 is 1. The maximum Gasteiger partial charge on any atom is 0.407 e. The highest BCUT2D eigenvalue weighted by atomic mass is 19.1. The average molecular weight is 360 g/mol. The molecule has 0 spiro atoms. The highest BCUT2D eigenvalue weighted by molar-refractivity contribution is 5.76. The molecule has 2 aromatic rings. The number of hydrogen-bond acceptors (Lipinski definition) is 5. The van der Waals surface area contributed by atoms with Crippen molar-refractivity contribution in [3.63, 3.8) is 0 Å². The zero-order valence-corrected chi connectivity index (χ0v) is 15.1. The fourth-order valence-electron chi connectivity index (χ4n) is 2.24. The normalized spacial score (nSPS) is 11.0. The van der Waals surface area contributed by atoms with Gasteiger partial charge in [-0.3, -0.25) is 4.79 Å². The number of nitrogens with one attached hydrogen (secondary N) is 1. The van der Waals surface area contributed by atoms with E-state index in [-0.39, 0.29) is 12.1 Å². The summed E-state index contributed by atoms with van der Waals surface area (Å²) in [5.41, 5.74) is 0.875. The van der Waals surface area contributed by atoms with Crippen LogP contribution >= 0.6 is 0 Å². The van der Waals surface area contributed by atoms with Crippen molar-refractivity contribution in [1.29, 1.82) is 0 Å². The third kappa shape index (κ3) is 5.02. The molecule has 0 saturated heterocycles. The van der Waals surface area contributed by atoms with Crippen LogP contribution in [0.25, 0.3) is 11.3 Å². The molecule has 0 radical (unpaired) electrons. The molecule has 138 valence electrons. The molecular weight excluding hydrogens is 339 g/mol. The van der Waals surface area contributed by atoms with Crippen LogP contribution in [0.15, 0.2) is 30.3 Å². The van der Waals surface area contributed by atoms with Gasteiger partial charge in [0.1, 0.15) is 11.4 Å². The van der Waals surface area contributed by atoms with E-state index in [9.17, 15) is 14.0 Å². The van der Waals surface area contributed by atoms with E-state index in [1.54, 1.807) is 45.0 Å². The smallest absolute Gasteiger partial charge is 0.407 e. The van der Waals surface area contributed by atoms with Gasteiger partial charge in [-0.25, -0.2) is 9.78 Å². The number of ether oxygens (including phenoxy) is 2. The standard InChI is InChI=1S/C19H21FN2O4/c1-19(2,3)26-18(24)21-10-12-5-7-14(25-4)9-15(12)16-8-6-13(11-23)17(20)22-16/h5-9,11H,10H2,1-4H3,(H,21,24). The molecule has 0 fully saturated rings. The summed E-state index contributed by atoms with van der Waals surface area (Å²) in [5, 5.41) is 2.66. The van der Waals surface area contributed by atoms with Gasteiger partial charge in [-0.05, 0) is 50.6 Å². The second-order valence-electron chi connectivity index (χ2n) is 6.57. The van der Waals surface area contributed by atoms with E-state index >= 15 is 0 Å². The molecule has 1 N–H and O–H groups in total. The summed E-state index contributed by atoms with van der Waals surface area (Å²) in [6.07, 6.45) is -0.155. The fourth-order valence-corrected chi connectivity index (χ4v) is 2.24. The maximum absolute atomic E-state index is 13.9. The molecule has 0 aliphatic carbocycles. The molecule has 0 atom stereocenters. The zero-order chi connectivity index (χ0) is 19.3. The van der Waals surface area contributed by atoms with Gasteiger partial charge in [-0.1, -0.05) is 6.07 Å². The first-order valence-corrected chi connectivity index (χ1v) is 7.99. The first-order valence-electron chi connectivity index (χ1n) is 7.99. The summed E-state index contributed by atoms with van der Waals surface area (Å²) in [6, 6.07) is 8.06. The Labute approximate surface area is 151 Å². The topological polar surface area (TPSA) is 77.5 Å². The van der Waals surface area contributed by atoms with E-state index in [0.717, 1.165) is 0 Å². The quantitative estimate of drug-likeness (QED) is 0.649. The van der Waals surface area contributed by atoms with Gasteiger partial charge >= 0.3 is 6.09 Å². The Bertz CT molecular complexity index is 816. The molecular formula is C19H21FN2O4. The summed E-state index contributed by atoms with van der Waals surface area (Å²) in [4.78, 5) is 26.5. The van der Waals surface area contributed by atoms with Crippen LogP contribution < -0.4 is 10.1 Å². The third-order valence-electron chi connectivity index (χ3n) is 3.42. The van der Waals surface area contributed by atoms with Crippen molar-refractivity contribution in [3.8, 4) is 17.0 Å². The lowest BCUT2D eigenvalue weighted by Crippen LogP contribution is -2.32. The minimum absolute atomic E-state index is 0.120. The number of amides is 1. The van der Waals surface area contributed by atoms with Crippen LogP contribution in [-0.2, 0) is 11.3 Å². The number of carbonyl (C=O) groups excluding carboxylic acids is 2. The number of aldehydes is 1. The van der Waals surface area contributed by atoms with Gasteiger partial charge in [0.25, 0.3) is 0 Å². The Morgan fingerprint density at radius 1 is 1.27 bits per heavy atom. The van der Waals surface area contributed by atoms with E-state index in [2.05, 4.69) is 10.3 Å². The number of carbonyl (C=O) groups is 2. The van der Waals surface area contributed by atoms with Crippen LogP contribution in [0.4, 0.5) is 9.18 Å². The number of nitrogens with zero attached hydrogens (tertiary/aromatic N) is 1. The van der Waals surface area contributed by atoms with Gasteiger partial charge in [0.05, 0.1) is 18.4 Å². The maximum atomic E-state index is 13.9. The van der Waals surface area contributed by atoms with Crippen molar-refractivity contribution in [2.45, 2.75) is 32.9 Å². The minimum atomic E-state index is -0.855. The molecule has 2 rings (SSSR count). The lowest BCUT2D eigenvalue weighted by molar-refractivity contribution is 0.0523. The molecule has 0 unspecified atom stereocenters. The Hall–Kier alpha value is -2.96. The number of rotatable bonds is 5. The SMILES string of the molecule is COc1ccc(CNC(=O)OC(C)(C)C)c(-c2ccc(C=O)c(F)n2)c1. The summed E-state index contributed by atoms with van der Waals surface area (Å²) >= 11 is 0. The highest BCUT2D eigenvalue weighted by Gasteiger charge is 2.17. The largest absolute Gasteiger partial charge is 0.497 e. The highest BCUT2D eigenvalue weighted by Crippen LogP contribution is 2.27. The van der Waals surface area contributed by atoms with Crippen molar-refractivity contribution >= 4 is 12.4 Å². The van der Waals surface area contributed by atoms with Gasteiger partial charge in [0.15, 0.2) is 6.29 Å². The molecule has 0 aliphatic heterocycles. The van der Waals surface area contributed by atoms with Crippen molar-refractivity contribution in [2.24, 2.45) is 0 Å². The molecule has 0 aliphatic rings. The molecule has 0 saturated carbocycles. The Morgan fingerprint density at radius 3 is 2.58 bits per heavy atom. The number of hydrogen-bond donors (Lipinski definition) is 1. The van der Waals surface area contributed by atoms with E-state index in [4.69, 9.17) is 9.47 Å². The Kier molecular flexibility index (Phi) is 5.92. The van der Waals surface area contributed by atoms with Gasteiger partial charge in [0.2, 0.25) is 5.95 Å². The number of halogens is 1. The first kappa shape index (κ1) is 19.4. The van der Waals surface area contributed by atoms with Crippen LogP contribution in [-0.4, -0.2) is 30.1 Å². The predicted octanol–water partition coefficient (Wildman–Crippen LogP) is 3.73. The first-order chi connectivity index (χ1) is 12.2. The van der Waals surface area contributed by atoms with Crippen molar-refractivity contribution < 1.29 is 23.5 Å². The van der Waals surface area contributed by atoms with Gasteiger partial charge in [-0.15, -0.1) is 0 Å². The average Bonchev–Trinajstić information content (AvgIpc) is 2.58. The summed E-state index contributed by atoms with van der Waals surface area (Å²) in [5.74, 6) is -0.297. The predicted molar refractivity (Wildman–Crippen MR) is 94.6 cm³/mol. The lowest BCUT2D eigenvalue weighted by Gasteiger charge is -2.20. The molecule has 1 heterocycles. The van der Waals surface area contributed by atoms with Gasteiger partial charge < -0.3 is 14.8 Å². The van der Waals surface area contributed by atoms with Crippen molar-refractivity contribution in [3.05, 3.63) is 47.4 Å². The van der Waals surface area contributed by atoms with Crippen molar-refractivity contribution in [2.75, 3.05) is 7.11 Å². The fraction of sp³-hybridized carbons (Fsp3) is 0.316. The molecule has 6 nitrogen and oxygen atoms in total. The number of alkyl carbamates (subject to hydrolysis) is 1. The summed E-state index contributed by atoms with van der Waals surface area (Å²) < 4.78 is 24.3. The second kappa shape index (κ2) is 7.95. The van der Waals surface area contributed by atoms with Crippen molar-refractivity contribution in [1.82, 2.24) is 10.3 Å². The van der Waals surface area contributed by atoms with Gasteiger partial charge in [-0.2, -0.15) is 4.39 Å². The van der Waals surface area contributed by atoms with E-state index in [0.29, 0.717) is 28.9 Å². The molecule has 26 heavy (non-hydrogen) atoms. The van der Waals surface area contributed by atoms with Crippen LogP contribution in [0.3, 0.4) is 0 Å². The van der Waals surface area contributed by atoms with Crippen LogP contribution in [0, 0.1) is 5.95 Å². The zero-order valence-electron chi connectivity index (χ0n) is 15.1. The number of aromatic nitrogens is 1. The molecule has 1 aromatic carbocycles. The second-order valence-corrected chi connectivity index (χ2v) is 6.57. The Balaban J connectivity index is 2.31. The van der Waals surface area contributed by atoms with Crippen LogP contribution in [0.5, 0.6) is 5.75 Å².